The number of rotatable bonds is 4. The summed E-state index contributed by atoms with van der Waals surface area (Å²) in [6.07, 6.45) is 0. The average Bonchev–Trinajstić information content (AvgIpc) is 2.61. The van der Waals surface area contributed by atoms with Crippen molar-refractivity contribution in [3.63, 3.8) is 0 Å². The maximum Gasteiger partial charge on any atom is 0.420 e. The molecule has 2 rings (SSSR count). The summed E-state index contributed by atoms with van der Waals surface area (Å²) in [6.45, 7) is 4.90. The van der Waals surface area contributed by atoms with Crippen molar-refractivity contribution in [2.24, 2.45) is 5.92 Å². The first-order valence-electron chi connectivity index (χ1n) is 5.89. The number of aromatic nitrogens is 1. The molecule has 1 unspecified atom stereocenters. The Bertz CT molecular complexity index is 554. The minimum absolute atomic E-state index is 0.258. The number of hydrogen-bond acceptors (Lipinski definition) is 3. The molecule has 0 fully saturated rings. The van der Waals surface area contributed by atoms with E-state index in [1.54, 1.807) is 4.57 Å². The molecule has 1 heterocycles. The standard InChI is InChI=1S/C13H18N2O2/c1-9(2)10(14-3)8-15-11-6-4-5-7-12(11)17-13(15)16/h4-7,9-10,14H,8H2,1-3H3. The predicted molar refractivity (Wildman–Crippen MR) is 68.2 cm³/mol. The van der Waals surface area contributed by atoms with Gasteiger partial charge >= 0.3 is 5.76 Å². The van der Waals surface area contributed by atoms with E-state index < -0.39 is 0 Å². The highest BCUT2D eigenvalue weighted by Crippen LogP contribution is 2.13. The molecule has 2 aromatic rings. The van der Waals surface area contributed by atoms with E-state index in [9.17, 15) is 4.79 Å². The van der Waals surface area contributed by atoms with Crippen LogP contribution in [0.15, 0.2) is 33.5 Å². The molecule has 4 heteroatoms. The molecule has 0 amide bonds. The summed E-state index contributed by atoms with van der Waals surface area (Å²) >= 11 is 0. The smallest absolute Gasteiger partial charge is 0.408 e. The molecule has 17 heavy (non-hydrogen) atoms. The van der Waals surface area contributed by atoms with Crippen LogP contribution in [0.3, 0.4) is 0 Å². The Morgan fingerprint density at radius 1 is 1.35 bits per heavy atom. The third kappa shape index (κ3) is 2.26. The van der Waals surface area contributed by atoms with E-state index in [0.29, 0.717) is 18.0 Å². The normalized spacial score (nSPS) is 13.4. The third-order valence-corrected chi connectivity index (χ3v) is 3.13. The van der Waals surface area contributed by atoms with Crippen LogP contribution in [0, 0.1) is 5.92 Å². The van der Waals surface area contributed by atoms with Gasteiger partial charge in [-0.1, -0.05) is 26.0 Å². The summed E-state index contributed by atoms with van der Waals surface area (Å²) < 4.78 is 6.89. The number of para-hydroxylation sites is 2. The molecule has 1 atom stereocenters. The number of oxazole rings is 1. The SMILES string of the molecule is CNC(Cn1c(=O)oc2ccccc21)C(C)C. The summed E-state index contributed by atoms with van der Waals surface area (Å²) in [4.78, 5) is 11.8. The van der Waals surface area contributed by atoms with Crippen molar-refractivity contribution in [2.75, 3.05) is 7.05 Å². The molecular formula is C13H18N2O2. The molecule has 0 bridgehead atoms. The van der Waals surface area contributed by atoms with Crippen molar-refractivity contribution in [1.82, 2.24) is 9.88 Å². The monoisotopic (exact) mass is 234 g/mol. The van der Waals surface area contributed by atoms with Gasteiger partial charge < -0.3 is 9.73 Å². The van der Waals surface area contributed by atoms with Crippen LogP contribution >= 0.6 is 0 Å². The fraction of sp³-hybridized carbons (Fsp3) is 0.462. The van der Waals surface area contributed by atoms with Gasteiger partial charge in [-0.3, -0.25) is 4.57 Å². The van der Waals surface area contributed by atoms with E-state index in [0.717, 1.165) is 5.52 Å². The predicted octanol–water partition coefficient (Wildman–Crippen LogP) is 1.84. The van der Waals surface area contributed by atoms with Gasteiger partial charge in [0.05, 0.1) is 5.52 Å². The van der Waals surface area contributed by atoms with Crippen LogP contribution in [0.4, 0.5) is 0 Å². The lowest BCUT2D eigenvalue weighted by Crippen LogP contribution is -2.37. The number of nitrogens with zero attached hydrogens (tertiary/aromatic N) is 1. The first kappa shape index (κ1) is 11.9. The van der Waals surface area contributed by atoms with Gasteiger partial charge in [0.15, 0.2) is 5.58 Å². The molecule has 0 aliphatic carbocycles. The third-order valence-electron chi connectivity index (χ3n) is 3.13. The van der Waals surface area contributed by atoms with Crippen molar-refractivity contribution in [3.05, 3.63) is 34.8 Å². The minimum Gasteiger partial charge on any atom is -0.408 e. The Morgan fingerprint density at radius 2 is 2.06 bits per heavy atom. The molecule has 1 aromatic heterocycles. The minimum atomic E-state index is -0.285. The Hall–Kier alpha value is -1.55. The highest BCUT2D eigenvalue weighted by Gasteiger charge is 2.16. The van der Waals surface area contributed by atoms with Crippen molar-refractivity contribution in [1.29, 1.82) is 0 Å². The highest BCUT2D eigenvalue weighted by atomic mass is 16.4. The fourth-order valence-electron chi connectivity index (χ4n) is 2.02. The summed E-state index contributed by atoms with van der Waals surface area (Å²) in [5.41, 5.74) is 1.51. The van der Waals surface area contributed by atoms with E-state index in [1.165, 1.54) is 0 Å². The molecule has 0 aliphatic heterocycles. The fourth-order valence-corrected chi connectivity index (χ4v) is 2.02. The molecule has 4 nitrogen and oxygen atoms in total. The number of fused-ring (bicyclic) bond motifs is 1. The zero-order valence-corrected chi connectivity index (χ0v) is 10.4. The van der Waals surface area contributed by atoms with Crippen LogP contribution in [0.2, 0.25) is 0 Å². The molecule has 92 valence electrons. The number of benzene rings is 1. The zero-order valence-electron chi connectivity index (χ0n) is 10.4. The molecule has 0 aliphatic rings. The van der Waals surface area contributed by atoms with Crippen LogP contribution in [0.1, 0.15) is 13.8 Å². The Balaban J connectivity index is 2.41. The van der Waals surface area contributed by atoms with Crippen LogP contribution < -0.4 is 11.1 Å². The van der Waals surface area contributed by atoms with Gasteiger partial charge in [-0.25, -0.2) is 4.79 Å². The van der Waals surface area contributed by atoms with Crippen LogP contribution in [-0.4, -0.2) is 17.7 Å². The second-order valence-corrected chi connectivity index (χ2v) is 4.59. The molecule has 0 radical (unpaired) electrons. The second kappa shape index (κ2) is 4.75. The van der Waals surface area contributed by atoms with Crippen LogP contribution in [0.5, 0.6) is 0 Å². The Morgan fingerprint density at radius 3 is 2.71 bits per heavy atom. The first-order chi connectivity index (χ1) is 8.13. The van der Waals surface area contributed by atoms with Gasteiger partial charge in [0.25, 0.3) is 0 Å². The molecular weight excluding hydrogens is 216 g/mol. The Labute approximate surface area is 100 Å². The maximum absolute atomic E-state index is 11.8. The van der Waals surface area contributed by atoms with E-state index >= 15 is 0 Å². The van der Waals surface area contributed by atoms with E-state index in [1.807, 2.05) is 31.3 Å². The van der Waals surface area contributed by atoms with E-state index in [2.05, 4.69) is 19.2 Å². The number of nitrogens with one attached hydrogen (secondary N) is 1. The molecule has 0 spiro atoms. The van der Waals surface area contributed by atoms with Gasteiger partial charge in [-0.05, 0) is 25.1 Å². The first-order valence-corrected chi connectivity index (χ1v) is 5.89. The summed E-state index contributed by atoms with van der Waals surface area (Å²) in [7, 11) is 1.91. The lowest BCUT2D eigenvalue weighted by Gasteiger charge is -2.20. The summed E-state index contributed by atoms with van der Waals surface area (Å²) in [5.74, 6) is 0.174. The van der Waals surface area contributed by atoms with Gasteiger partial charge in [-0.2, -0.15) is 0 Å². The number of hydrogen-bond donors (Lipinski definition) is 1. The number of likely N-dealkylation sites (N-methyl/N-ethyl adjacent to an activating group) is 1. The topological polar surface area (TPSA) is 47.2 Å². The lowest BCUT2D eigenvalue weighted by atomic mass is 10.0. The molecule has 1 N–H and O–H groups in total. The van der Waals surface area contributed by atoms with Crippen molar-refractivity contribution in [2.45, 2.75) is 26.4 Å². The zero-order chi connectivity index (χ0) is 12.4. The second-order valence-electron chi connectivity index (χ2n) is 4.59. The van der Waals surface area contributed by atoms with Crippen molar-refractivity contribution in [3.8, 4) is 0 Å². The Kier molecular flexibility index (Phi) is 3.33. The van der Waals surface area contributed by atoms with Crippen molar-refractivity contribution < 1.29 is 4.42 Å². The lowest BCUT2D eigenvalue weighted by molar-refractivity contribution is 0.365. The van der Waals surface area contributed by atoms with E-state index in [-0.39, 0.29) is 11.8 Å². The quantitative estimate of drug-likeness (QED) is 0.878. The maximum atomic E-state index is 11.8. The van der Waals surface area contributed by atoms with Crippen LogP contribution in [0.25, 0.3) is 11.1 Å². The van der Waals surface area contributed by atoms with Gasteiger partial charge in [0.2, 0.25) is 0 Å². The molecule has 0 saturated heterocycles. The van der Waals surface area contributed by atoms with Gasteiger partial charge in [0, 0.05) is 12.6 Å². The molecule has 1 aromatic carbocycles. The average molecular weight is 234 g/mol. The van der Waals surface area contributed by atoms with Crippen molar-refractivity contribution >= 4 is 11.1 Å². The van der Waals surface area contributed by atoms with Crippen LogP contribution in [-0.2, 0) is 6.54 Å². The largest absolute Gasteiger partial charge is 0.420 e. The van der Waals surface area contributed by atoms with E-state index in [4.69, 9.17) is 4.42 Å². The van der Waals surface area contributed by atoms with Gasteiger partial charge in [-0.15, -0.1) is 0 Å². The highest BCUT2D eigenvalue weighted by molar-refractivity contribution is 5.72. The summed E-state index contributed by atoms with van der Waals surface area (Å²) in [5, 5.41) is 3.23. The summed E-state index contributed by atoms with van der Waals surface area (Å²) in [6, 6.07) is 7.77. The van der Waals surface area contributed by atoms with Gasteiger partial charge in [0.1, 0.15) is 0 Å². The molecule has 0 saturated carbocycles.